The van der Waals surface area contributed by atoms with Crippen LogP contribution in [0.15, 0.2) is 24.5 Å². The SMILES string of the molecule is CC(C)(C)C(=O)CC(CC(=O)C(C)(C)C)c1cc[nH+]cc1. The molecular weight excluding hydrogens is 262 g/mol. The molecule has 0 atom stereocenters. The van der Waals surface area contributed by atoms with Crippen molar-refractivity contribution in [3.05, 3.63) is 30.1 Å². The second-order valence-electron chi connectivity index (χ2n) is 7.78. The third-order valence-corrected chi connectivity index (χ3v) is 3.75. The molecule has 1 heterocycles. The summed E-state index contributed by atoms with van der Waals surface area (Å²) in [5.41, 5.74) is 0.303. The van der Waals surface area contributed by atoms with Gasteiger partial charge in [0.2, 0.25) is 0 Å². The maximum Gasteiger partial charge on any atom is 0.167 e. The van der Waals surface area contributed by atoms with Gasteiger partial charge in [0.15, 0.2) is 12.4 Å². The Bertz CT molecular complexity index is 464. The zero-order valence-corrected chi connectivity index (χ0v) is 14.1. The Morgan fingerprint density at radius 1 is 0.905 bits per heavy atom. The molecule has 0 spiro atoms. The zero-order valence-electron chi connectivity index (χ0n) is 14.1. The summed E-state index contributed by atoms with van der Waals surface area (Å²) in [5, 5.41) is 0. The smallest absolute Gasteiger partial charge is 0.167 e. The summed E-state index contributed by atoms with van der Waals surface area (Å²) in [4.78, 5) is 27.7. The number of hydrogen-bond donors (Lipinski definition) is 0. The number of ketones is 2. The van der Waals surface area contributed by atoms with Gasteiger partial charge in [-0.25, -0.2) is 4.98 Å². The first-order valence-corrected chi connectivity index (χ1v) is 7.54. The van der Waals surface area contributed by atoms with E-state index in [2.05, 4.69) is 4.98 Å². The maximum absolute atomic E-state index is 12.4. The fraction of sp³-hybridized carbons (Fsp3) is 0.611. The minimum atomic E-state index is -0.371. The molecule has 0 radical (unpaired) electrons. The average Bonchev–Trinajstić information content (AvgIpc) is 2.36. The van der Waals surface area contributed by atoms with Crippen LogP contribution >= 0.6 is 0 Å². The lowest BCUT2D eigenvalue weighted by molar-refractivity contribution is -0.378. The third kappa shape index (κ3) is 5.41. The highest BCUT2D eigenvalue weighted by molar-refractivity contribution is 5.87. The Kier molecular flexibility index (Phi) is 5.43. The molecule has 1 aromatic heterocycles. The molecule has 0 aliphatic heterocycles. The zero-order chi connectivity index (χ0) is 16.3. The molecule has 21 heavy (non-hydrogen) atoms. The number of H-pyrrole nitrogens is 1. The largest absolute Gasteiger partial charge is 0.299 e. The molecule has 0 aliphatic carbocycles. The van der Waals surface area contributed by atoms with Gasteiger partial charge >= 0.3 is 0 Å². The summed E-state index contributed by atoms with van der Waals surface area (Å²) in [6.45, 7) is 11.6. The fourth-order valence-corrected chi connectivity index (χ4v) is 2.04. The second-order valence-corrected chi connectivity index (χ2v) is 7.78. The predicted octanol–water partition coefficient (Wildman–Crippen LogP) is 3.59. The second kappa shape index (κ2) is 6.50. The quantitative estimate of drug-likeness (QED) is 0.832. The standard InChI is InChI=1S/C18H27NO2/c1-17(2,3)15(20)11-14(12-16(21)18(4,5)6)13-7-9-19-10-8-13/h7-10,14H,11-12H2,1-6H3/p+1. The van der Waals surface area contributed by atoms with Crippen molar-refractivity contribution in [3.63, 3.8) is 0 Å². The monoisotopic (exact) mass is 290 g/mol. The van der Waals surface area contributed by atoms with E-state index in [1.54, 1.807) is 0 Å². The summed E-state index contributed by atoms with van der Waals surface area (Å²) in [6, 6.07) is 3.91. The van der Waals surface area contributed by atoms with Crippen molar-refractivity contribution < 1.29 is 14.6 Å². The molecule has 0 aromatic carbocycles. The van der Waals surface area contributed by atoms with Crippen molar-refractivity contribution in [3.8, 4) is 0 Å². The Labute approximate surface area is 128 Å². The molecule has 1 rings (SSSR count). The maximum atomic E-state index is 12.4. The fourth-order valence-electron chi connectivity index (χ4n) is 2.04. The van der Waals surface area contributed by atoms with Gasteiger partial charge < -0.3 is 0 Å². The first kappa shape index (κ1) is 17.5. The molecule has 3 nitrogen and oxygen atoms in total. The number of aromatic amines is 1. The first-order chi connectivity index (χ1) is 9.51. The van der Waals surface area contributed by atoms with Gasteiger partial charge in [0, 0.05) is 35.8 Å². The number of hydrogen-bond acceptors (Lipinski definition) is 2. The van der Waals surface area contributed by atoms with Crippen LogP contribution in [-0.2, 0) is 9.59 Å². The number of Topliss-reactive ketones (excluding diaryl/α,β-unsaturated/α-hetero) is 2. The van der Waals surface area contributed by atoms with Gasteiger partial charge in [0.25, 0.3) is 0 Å². The number of carbonyl (C=O) groups is 2. The molecule has 116 valence electrons. The highest BCUT2D eigenvalue weighted by atomic mass is 16.1. The van der Waals surface area contributed by atoms with Crippen LogP contribution in [0.1, 0.15) is 65.9 Å². The Morgan fingerprint density at radius 2 is 1.29 bits per heavy atom. The van der Waals surface area contributed by atoms with Crippen molar-refractivity contribution in [2.75, 3.05) is 0 Å². The number of rotatable bonds is 5. The molecule has 3 heteroatoms. The summed E-state index contributed by atoms with van der Waals surface area (Å²) in [6.07, 6.45) is 4.50. The molecule has 0 bridgehead atoms. The number of nitrogens with one attached hydrogen (secondary N) is 1. The van der Waals surface area contributed by atoms with Crippen molar-refractivity contribution >= 4 is 11.6 Å². The lowest BCUT2D eigenvalue weighted by Gasteiger charge is -2.24. The number of carbonyl (C=O) groups excluding carboxylic acids is 2. The van der Waals surface area contributed by atoms with E-state index in [1.165, 1.54) is 0 Å². The van der Waals surface area contributed by atoms with Gasteiger partial charge in [-0.1, -0.05) is 41.5 Å². The molecule has 0 aliphatic rings. The van der Waals surface area contributed by atoms with Gasteiger partial charge in [0.05, 0.1) is 0 Å². The van der Waals surface area contributed by atoms with E-state index < -0.39 is 0 Å². The van der Waals surface area contributed by atoms with E-state index in [4.69, 9.17) is 0 Å². The van der Waals surface area contributed by atoms with E-state index in [9.17, 15) is 9.59 Å². The van der Waals surface area contributed by atoms with Gasteiger partial charge in [-0.2, -0.15) is 0 Å². The normalized spacial score (nSPS) is 12.5. The van der Waals surface area contributed by atoms with Crippen LogP contribution < -0.4 is 4.98 Å². The molecule has 0 unspecified atom stereocenters. The summed E-state index contributed by atoms with van der Waals surface area (Å²) in [5.74, 6) is 0.349. The van der Waals surface area contributed by atoms with Crippen LogP contribution in [0, 0.1) is 10.8 Å². The van der Waals surface area contributed by atoms with Crippen molar-refractivity contribution in [2.45, 2.75) is 60.3 Å². The van der Waals surface area contributed by atoms with Gasteiger partial charge in [-0.3, -0.25) is 9.59 Å². The molecule has 0 saturated heterocycles. The van der Waals surface area contributed by atoms with E-state index in [-0.39, 0.29) is 28.3 Å². The van der Waals surface area contributed by atoms with Crippen molar-refractivity contribution in [1.29, 1.82) is 0 Å². The average molecular weight is 290 g/mol. The Balaban J connectivity index is 2.97. The predicted molar refractivity (Wildman–Crippen MR) is 83.9 cm³/mol. The minimum Gasteiger partial charge on any atom is -0.299 e. The number of aromatic nitrogens is 1. The third-order valence-electron chi connectivity index (χ3n) is 3.75. The summed E-state index contributed by atoms with van der Waals surface area (Å²) >= 11 is 0. The van der Waals surface area contributed by atoms with E-state index in [0.717, 1.165) is 5.56 Å². The molecule has 0 saturated carbocycles. The topological polar surface area (TPSA) is 48.3 Å². The van der Waals surface area contributed by atoms with Crippen LogP contribution in [0.4, 0.5) is 0 Å². The van der Waals surface area contributed by atoms with Gasteiger partial charge in [-0.15, -0.1) is 0 Å². The van der Waals surface area contributed by atoms with E-state index in [0.29, 0.717) is 12.8 Å². The van der Waals surface area contributed by atoms with Crippen LogP contribution in [0.2, 0.25) is 0 Å². The molecule has 0 amide bonds. The number of pyridine rings is 1. The van der Waals surface area contributed by atoms with Crippen LogP contribution in [-0.4, -0.2) is 11.6 Å². The van der Waals surface area contributed by atoms with Gasteiger partial charge in [-0.05, 0) is 11.5 Å². The van der Waals surface area contributed by atoms with Crippen LogP contribution in [0.5, 0.6) is 0 Å². The molecule has 1 aromatic rings. The molecular formula is C18H28NO2+. The Hall–Kier alpha value is -1.51. The van der Waals surface area contributed by atoms with E-state index in [1.807, 2.05) is 66.1 Å². The lowest BCUT2D eigenvalue weighted by atomic mass is 9.78. The highest BCUT2D eigenvalue weighted by Crippen LogP contribution is 2.31. The van der Waals surface area contributed by atoms with Gasteiger partial charge in [0.1, 0.15) is 11.6 Å². The Morgan fingerprint density at radius 3 is 1.62 bits per heavy atom. The summed E-state index contributed by atoms with van der Waals surface area (Å²) < 4.78 is 0. The molecule has 0 fully saturated rings. The van der Waals surface area contributed by atoms with Crippen LogP contribution in [0.25, 0.3) is 0 Å². The summed E-state index contributed by atoms with van der Waals surface area (Å²) in [7, 11) is 0. The van der Waals surface area contributed by atoms with Crippen molar-refractivity contribution in [2.24, 2.45) is 10.8 Å². The highest BCUT2D eigenvalue weighted by Gasteiger charge is 2.30. The molecule has 1 N–H and O–H groups in total. The lowest BCUT2D eigenvalue weighted by Crippen LogP contribution is -2.26. The van der Waals surface area contributed by atoms with Crippen molar-refractivity contribution in [1.82, 2.24) is 0 Å². The van der Waals surface area contributed by atoms with E-state index >= 15 is 0 Å². The minimum absolute atomic E-state index is 0.0435. The van der Waals surface area contributed by atoms with Crippen LogP contribution in [0.3, 0.4) is 0 Å². The first-order valence-electron chi connectivity index (χ1n) is 7.54.